The molecule has 4 heteroatoms. The molecule has 1 rings (SSSR count). The normalized spacial score (nSPS) is 7.50. The number of rotatable bonds is 0. The van der Waals surface area contributed by atoms with Crippen LogP contribution in [0.15, 0.2) is 18.7 Å². The molecule has 0 aliphatic rings. The van der Waals surface area contributed by atoms with Crippen molar-refractivity contribution in [1.82, 2.24) is 9.97 Å². The summed E-state index contributed by atoms with van der Waals surface area (Å²) in [6.07, 6.45) is 3.75. The predicted octanol–water partition coefficient (Wildman–Crippen LogP) is -3.45. The summed E-state index contributed by atoms with van der Waals surface area (Å²) in [6.45, 7) is 0. The summed E-state index contributed by atoms with van der Waals surface area (Å²) in [7, 11) is 0. The van der Waals surface area contributed by atoms with E-state index in [0.29, 0.717) is 0 Å². The van der Waals surface area contributed by atoms with Gasteiger partial charge in [-0.05, 0) is 0 Å². The van der Waals surface area contributed by atoms with Crippen LogP contribution in [0.5, 0.6) is 5.75 Å². The van der Waals surface area contributed by atoms with E-state index in [0.717, 1.165) is 0 Å². The topological polar surface area (TPSA) is 48.8 Å². The van der Waals surface area contributed by atoms with Crippen molar-refractivity contribution in [3.63, 3.8) is 0 Å². The molecular formula is C4H3N2NaO. The van der Waals surface area contributed by atoms with Gasteiger partial charge < -0.3 is 5.11 Å². The van der Waals surface area contributed by atoms with E-state index in [9.17, 15) is 5.11 Å². The molecule has 0 saturated heterocycles. The van der Waals surface area contributed by atoms with Crippen LogP contribution in [0.25, 0.3) is 0 Å². The Hall–Kier alpha value is -0.120. The van der Waals surface area contributed by atoms with Crippen molar-refractivity contribution in [3.8, 4) is 5.75 Å². The van der Waals surface area contributed by atoms with Crippen LogP contribution in [-0.4, -0.2) is 9.97 Å². The van der Waals surface area contributed by atoms with Gasteiger partial charge in [0, 0.05) is 12.4 Å². The van der Waals surface area contributed by atoms with Gasteiger partial charge in [0.15, 0.2) is 0 Å². The van der Waals surface area contributed by atoms with Gasteiger partial charge in [0.2, 0.25) is 0 Å². The Kier molecular flexibility index (Phi) is 3.77. The third kappa shape index (κ3) is 2.26. The zero-order valence-corrected chi connectivity index (χ0v) is 6.53. The smallest absolute Gasteiger partial charge is 0.870 e. The molecule has 8 heavy (non-hydrogen) atoms. The second kappa shape index (κ2) is 3.83. The fraction of sp³-hybridized carbons (Fsp3) is 0. The fourth-order valence-corrected chi connectivity index (χ4v) is 0.285. The van der Waals surface area contributed by atoms with E-state index >= 15 is 0 Å². The first-order valence-electron chi connectivity index (χ1n) is 1.81. The monoisotopic (exact) mass is 118 g/mol. The van der Waals surface area contributed by atoms with Crippen molar-refractivity contribution in [1.29, 1.82) is 0 Å². The van der Waals surface area contributed by atoms with E-state index in [1.54, 1.807) is 0 Å². The van der Waals surface area contributed by atoms with Gasteiger partial charge in [-0.2, -0.15) is 0 Å². The first kappa shape index (κ1) is 7.88. The SMILES string of the molecule is [Na+].[O-]c1cncnc1. The van der Waals surface area contributed by atoms with Crippen molar-refractivity contribution in [2.24, 2.45) is 0 Å². The van der Waals surface area contributed by atoms with Crippen LogP contribution in [0, 0.1) is 0 Å². The largest absolute Gasteiger partial charge is 1.00 e. The van der Waals surface area contributed by atoms with Crippen LogP contribution in [0.1, 0.15) is 0 Å². The molecule has 0 N–H and O–H groups in total. The van der Waals surface area contributed by atoms with E-state index in [1.165, 1.54) is 18.7 Å². The Morgan fingerprint density at radius 2 is 1.75 bits per heavy atom. The summed E-state index contributed by atoms with van der Waals surface area (Å²) in [5.41, 5.74) is 0. The third-order valence-corrected chi connectivity index (χ3v) is 0.537. The molecule has 0 unspecified atom stereocenters. The van der Waals surface area contributed by atoms with Crippen LogP contribution in [0.4, 0.5) is 0 Å². The molecule has 0 atom stereocenters. The second-order valence-electron chi connectivity index (χ2n) is 1.07. The van der Waals surface area contributed by atoms with Crippen molar-refractivity contribution >= 4 is 0 Å². The van der Waals surface area contributed by atoms with E-state index in [1.807, 2.05) is 0 Å². The van der Waals surface area contributed by atoms with Crippen molar-refractivity contribution in [3.05, 3.63) is 18.7 Å². The number of aromatic nitrogens is 2. The van der Waals surface area contributed by atoms with Gasteiger partial charge in [-0.3, -0.25) is 0 Å². The van der Waals surface area contributed by atoms with Crippen LogP contribution < -0.4 is 34.7 Å². The van der Waals surface area contributed by atoms with Gasteiger partial charge in [0.05, 0.1) is 0 Å². The quantitative estimate of drug-likeness (QED) is 0.333. The van der Waals surface area contributed by atoms with E-state index in [2.05, 4.69) is 9.97 Å². The third-order valence-electron chi connectivity index (χ3n) is 0.537. The summed E-state index contributed by atoms with van der Waals surface area (Å²) in [4.78, 5) is 6.92. The molecule has 0 aliphatic carbocycles. The summed E-state index contributed by atoms with van der Waals surface area (Å²) in [6, 6.07) is 0. The Balaban J connectivity index is 0.000000490. The maximum Gasteiger partial charge on any atom is 1.00 e. The molecule has 1 aromatic rings. The van der Waals surface area contributed by atoms with Crippen LogP contribution in [0.2, 0.25) is 0 Å². The molecule has 0 bridgehead atoms. The molecule has 3 nitrogen and oxygen atoms in total. The van der Waals surface area contributed by atoms with Crippen molar-refractivity contribution in [2.75, 3.05) is 0 Å². The van der Waals surface area contributed by atoms with Gasteiger partial charge >= 0.3 is 29.6 Å². The molecular weight excluding hydrogens is 115 g/mol. The number of hydrogen-bond donors (Lipinski definition) is 0. The molecule has 1 aromatic heterocycles. The minimum atomic E-state index is -0.150. The summed E-state index contributed by atoms with van der Waals surface area (Å²) in [5.74, 6) is -0.150. The molecule has 0 amide bonds. The van der Waals surface area contributed by atoms with Gasteiger partial charge in [-0.15, -0.1) is 0 Å². The average molecular weight is 118 g/mol. The average Bonchev–Trinajstić information content (AvgIpc) is 1.69. The standard InChI is InChI=1S/C4H4N2O.Na/c7-4-1-5-3-6-2-4;/h1-3,7H;/q;+1/p-1. The van der Waals surface area contributed by atoms with Gasteiger partial charge in [-0.25, -0.2) is 9.97 Å². The summed E-state index contributed by atoms with van der Waals surface area (Å²) in [5, 5.41) is 10.1. The Morgan fingerprint density at radius 3 is 2.00 bits per heavy atom. The Morgan fingerprint density at radius 1 is 1.25 bits per heavy atom. The summed E-state index contributed by atoms with van der Waals surface area (Å²) < 4.78 is 0. The maximum absolute atomic E-state index is 10.1. The molecule has 0 aromatic carbocycles. The van der Waals surface area contributed by atoms with Crippen molar-refractivity contribution < 1.29 is 34.7 Å². The zero-order chi connectivity index (χ0) is 5.11. The molecule has 0 aliphatic heterocycles. The van der Waals surface area contributed by atoms with E-state index < -0.39 is 0 Å². The molecule has 0 radical (unpaired) electrons. The fourth-order valence-electron chi connectivity index (χ4n) is 0.285. The Bertz CT molecular complexity index is 144. The van der Waals surface area contributed by atoms with E-state index in [4.69, 9.17) is 0 Å². The van der Waals surface area contributed by atoms with Crippen LogP contribution in [0.3, 0.4) is 0 Å². The van der Waals surface area contributed by atoms with Gasteiger partial charge in [0.1, 0.15) is 6.33 Å². The number of hydrogen-bond acceptors (Lipinski definition) is 3. The molecule has 0 fully saturated rings. The van der Waals surface area contributed by atoms with Crippen LogP contribution in [-0.2, 0) is 0 Å². The Labute approximate surface area is 69.1 Å². The minimum Gasteiger partial charge on any atom is -0.870 e. The number of nitrogens with zero attached hydrogens (tertiary/aromatic N) is 2. The van der Waals surface area contributed by atoms with Crippen LogP contribution >= 0.6 is 0 Å². The first-order chi connectivity index (χ1) is 3.39. The molecule has 1 heterocycles. The van der Waals surface area contributed by atoms with Gasteiger partial charge in [-0.1, -0.05) is 5.75 Å². The summed E-state index contributed by atoms with van der Waals surface area (Å²) >= 11 is 0. The molecule has 0 saturated carbocycles. The zero-order valence-electron chi connectivity index (χ0n) is 4.53. The minimum absolute atomic E-state index is 0. The molecule has 36 valence electrons. The predicted molar refractivity (Wildman–Crippen MR) is 21.5 cm³/mol. The van der Waals surface area contributed by atoms with Crippen molar-refractivity contribution in [2.45, 2.75) is 0 Å². The molecule has 0 spiro atoms. The second-order valence-corrected chi connectivity index (χ2v) is 1.07. The van der Waals surface area contributed by atoms with Gasteiger partial charge in [0.25, 0.3) is 0 Å². The first-order valence-corrected chi connectivity index (χ1v) is 1.81. The van der Waals surface area contributed by atoms with E-state index in [-0.39, 0.29) is 35.3 Å². The maximum atomic E-state index is 10.1.